The van der Waals surface area contributed by atoms with Crippen molar-refractivity contribution < 1.29 is 9.90 Å². The number of aliphatic hydroxyl groups excluding tert-OH is 1. The predicted molar refractivity (Wildman–Crippen MR) is 88.0 cm³/mol. The second-order valence-electron chi connectivity index (χ2n) is 5.12. The number of aliphatic hydroxyl groups is 1. The van der Waals surface area contributed by atoms with Crippen LogP contribution >= 0.6 is 11.6 Å². The van der Waals surface area contributed by atoms with Gasteiger partial charge in [0.1, 0.15) is 6.61 Å². The summed E-state index contributed by atoms with van der Waals surface area (Å²) in [6, 6.07) is 11.9. The number of ketones is 1. The van der Waals surface area contributed by atoms with Crippen molar-refractivity contribution in [1.29, 1.82) is 0 Å². The van der Waals surface area contributed by atoms with Crippen LogP contribution in [0, 0.1) is 0 Å². The van der Waals surface area contributed by atoms with Crippen molar-refractivity contribution in [2.45, 2.75) is 6.54 Å². The van der Waals surface area contributed by atoms with Crippen molar-refractivity contribution in [3.05, 3.63) is 75.3 Å². The molecule has 0 aliphatic rings. The molecule has 0 saturated heterocycles. The first-order chi connectivity index (χ1) is 11.1. The number of fused-ring (bicyclic) bond motifs is 1. The second kappa shape index (κ2) is 6.32. The summed E-state index contributed by atoms with van der Waals surface area (Å²) in [6.07, 6.45) is 1.44. The highest BCUT2D eigenvalue weighted by Crippen LogP contribution is 2.13. The second-order valence-corrected chi connectivity index (χ2v) is 5.56. The molecule has 5 nitrogen and oxygen atoms in total. The van der Waals surface area contributed by atoms with Crippen LogP contribution in [0.4, 0.5) is 0 Å². The molecule has 1 aromatic heterocycles. The van der Waals surface area contributed by atoms with E-state index in [1.54, 1.807) is 18.2 Å². The predicted octanol–water partition coefficient (Wildman–Crippen LogP) is 2.27. The monoisotopic (exact) mass is 328 g/mol. The van der Waals surface area contributed by atoms with E-state index in [9.17, 15) is 9.59 Å². The number of nitrogens with zero attached hydrogens (tertiary/aromatic N) is 2. The zero-order chi connectivity index (χ0) is 16.4. The van der Waals surface area contributed by atoms with Crippen molar-refractivity contribution in [3.63, 3.8) is 0 Å². The number of aromatic nitrogens is 2. The molecule has 0 aliphatic carbocycles. The van der Waals surface area contributed by atoms with Crippen LogP contribution in [0.3, 0.4) is 0 Å². The van der Waals surface area contributed by atoms with Crippen LogP contribution in [-0.4, -0.2) is 27.0 Å². The fourth-order valence-electron chi connectivity index (χ4n) is 2.37. The van der Waals surface area contributed by atoms with Gasteiger partial charge in [0.25, 0.3) is 5.56 Å². The lowest BCUT2D eigenvalue weighted by Crippen LogP contribution is -2.21. The summed E-state index contributed by atoms with van der Waals surface area (Å²) in [5.41, 5.74) is 1.46. The Hall–Kier alpha value is -2.50. The number of rotatable bonds is 4. The first kappa shape index (κ1) is 15.4. The summed E-state index contributed by atoms with van der Waals surface area (Å²) in [4.78, 5) is 28.3. The molecular weight excluding hydrogens is 316 g/mol. The SMILES string of the molecule is O=C(CO)c1ccc2c(=O)n(Cc3cccc(Cl)c3)cnc2c1. The van der Waals surface area contributed by atoms with Crippen LogP contribution in [0.2, 0.25) is 5.02 Å². The lowest BCUT2D eigenvalue weighted by molar-refractivity contribution is 0.0904. The van der Waals surface area contributed by atoms with Gasteiger partial charge in [0.15, 0.2) is 5.78 Å². The zero-order valence-electron chi connectivity index (χ0n) is 12.1. The molecule has 1 N–H and O–H groups in total. The first-order valence-corrected chi connectivity index (χ1v) is 7.34. The molecule has 0 amide bonds. The third-order valence-corrected chi connectivity index (χ3v) is 3.77. The molecule has 2 aromatic carbocycles. The molecule has 0 fully saturated rings. The Morgan fingerprint density at radius 1 is 1.22 bits per heavy atom. The molecule has 3 rings (SSSR count). The minimum atomic E-state index is -0.572. The number of carbonyl (C=O) groups excluding carboxylic acids is 1. The quantitative estimate of drug-likeness (QED) is 0.746. The molecule has 116 valence electrons. The van der Waals surface area contributed by atoms with E-state index >= 15 is 0 Å². The highest BCUT2D eigenvalue weighted by molar-refractivity contribution is 6.30. The fourth-order valence-corrected chi connectivity index (χ4v) is 2.58. The highest BCUT2D eigenvalue weighted by atomic mass is 35.5. The molecule has 0 radical (unpaired) electrons. The van der Waals surface area contributed by atoms with Gasteiger partial charge in [-0.15, -0.1) is 0 Å². The van der Waals surface area contributed by atoms with Crippen molar-refractivity contribution in [2.75, 3.05) is 6.61 Å². The van der Waals surface area contributed by atoms with E-state index in [0.29, 0.717) is 28.0 Å². The summed E-state index contributed by atoms with van der Waals surface area (Å²) in [6.45, 7) is -0.211. The number of hydrogen-bond donors (Lipinski definition) is 1. The fraction of sp³-hybridized carbons (Fsp3) is 0.118. The lowest BCUT2D eigenvalue weighted by Gasteiger charge is -2.08. The van der Waals surface area contributed by atoms with Crippen molar-refractivity contribution in [3.8, 4) is 0 Å². The van der Waals surface area contributed by atoms with Gasteiger partial charge in [0.05, 0.1) is 23.8 Å². The molecule has 3 aromatic rings. The largest absolute Gasteiger partial charge is 0.388 e. The Kier molecular flexibility index (Phi) is 4.23. The Labute approximate surface area is 136 Å². The molecule has 0 atom stereocenters. The van der Waals surface area contributed by atoms with E-state index in [-0.39, 0.29) is 5.56 Å². The number of hydrogen-bond acceptors (Lipinski definition) is 4. The molecule has 0 saturated carbocycles. The van der Waals surface area contributed by atoms with Gasteiger partial charge in [0.2, 0.25) is 0 Å². The maximum atomic E-state index is 12.5. The summed E-state index contributed by atoms with van der Waals surface area (Å²) in [5.74, 6) is -0.406. The van der Waals surface area contributed by atoms with E-state index < -0.39 is 12.4 Å². The Morgan fingerprint density at radius 3 is 2.78 bits per heavy atom. The van der Waals surface area contributed by atoms with Gasteiger partial charge in [-0.25, -0.2) is 4.98 Å². The number of halogens is 1. The Balaban J connectivity index is 2.02. The van der Waals surface area contributed by atoms with Gasteiger partial charge < -0.3 is 5.11 Å². The molecule has 1 heterocycles. The third-order valence-electron chi connectivity index (χ3n) is 3.53. The van der Waals surface area contributed by atoms with Crippen molar-refractivity contribution >= 4 is 28.3 Å². The van der Waals surface area contributed by atoms with Gasteiger partial charge in [-0.05, 0) is 29.8 Å². The third kappa shape index (κ3) is 3.16. The normalized spacial score (nSPS) is 10.9. The first-order valence-electron chi connectivity index (χ1n) is 6.96. The molecule has 0 bridgehead atoms. The molecule has 0 unspecified atom stereocenters. The molecule has 6 heteroatoms. The van der Waals surface area contributed by atoms with Crippen LogP contribution in [-0.2, 0) is 6.54 Å². The minimum absolute atomic E-state index is 0.196. The average Bonchev–Trinajstić information content (AvgIpc) is 2.56. The highest BCUT2D eigenvalue weighted by Gasteiger charge is 2.09. The van der Waals surface area contributed by atoms with Crippen LogP contribution in [0.5, 0.6) is 0 Å². The van der Waals surface area contributed by atoms with E-state index in [0.717, 1.165) is 5.56 Å². The standard InChI is InChI=1S/C17H13ClN2O3/c18-13-3-1-2-11(6-13)8-20-10-19-15-7-12(16(22)9-21)4-5-14(15)17(20)23/h1-7,10,21H,8-9H2. The summed E-state index contributed by atoms with van der Waals surface area (Å²) >= 11 is 5.95. The average molecular weight is 329 g/mol. The molecular formula is C17H13ClN2O3. The van der Waals surface area contributed by atoms with Crippen molar-refractivity contribution in [2.24, 2.45) is 0 Å². The molecule has 0 aliphatic heterocycles. The Bertz CT molecular complexity index is 950. The Morgan fingerprint density at radius 2 is 2.04 bits per heavy atom. The van der Waals surface area contributed by atoms with Gasteiger partial charge in [-0.3, -0.25) is 14.2 Å². The summed E-state index contributed by atoms with van der Waals surface area (Å²) < 4.78 is 1.49. The van der Waals surface area contributed by atoms with Crippen molar-refractivity contribution in [1.82, 2.24) is 9.55 Å². The van der Waals surface area contributed by atoms with Gasteiger partial charge >= 0.3 is 0 Å². The van der Waals surface area contributed by atoms with Gasteiger partial charge in [-0.2, -0.15) is 0 Å². The summed E-state index contributed by atoms with van der Waals surface area (Å²) in [7, 11) is 0. The molecule has 23 heavy (non-hydrogen) atoms. The van der Waals surface area contributed by atoms with Crippen LogP contribution < -0.4 is 5.56 Å². The molecule has 0 spiro atoms. The van der Waals surface area contributed by atoms with E-state index in [1.807, 2.05) is 12.1 Å². The van der Waals surface area contributed by atoms with E-state index in [4.69, 9.17) is 16.7 Å². The smallest absolute Gasteiger partial charge is 0.261 e. The van der Waals surface area contributed by atoms with E-state index in [1.165, 1.54) is 23.0 Å². The maximum absolute atomic E-state index is 12.5. The summed E-state index contributed by atoms with van der Waals surface area (Å²) in [5, 5.41) is 9.93. The number of Topliss-reactive ketones (excluding diaryl/α,β-unsaturated/α-hetero) is 1. The van der Waals surface area contributed by atoms with Gasteiger partial charge in [-0.1, -0.05) is 29.8 Å². The van der Waals surface area contributed by atoms with Crippen LogP contribution in [0.25, 0.3) is 10.9 Å². The maximum Gasteiger partial charge on any atom is 0.261 e. The number of carbonyl (C=O) groups is 1. The van der Waals surface area contributed by atoms with Crippen LogP contribution in [0.1, 0.15) is 15.9 Å². The van der Waals surface area contributed by atoms with Gasteiger partial charge in [0, 0.05) is 10.6 Å². The number of benzene rings is 2. The topological polar surface area (TPSA) is 72.2 Å². The van der Waals surface area contributed by atoms with E-state index in [2.05, 4.69) is 4.98 Å². The zero-order valence-corrected chi connectivity index (χ0v) is 12.8. The minimum Gasteiger partial charge on any atom is -0.388 e. The lowest BCUT2D eigenvalue weighted by atomic mass is 10.1. The van der Waals surface area contributed by atoms with Crippen LogP contribution in [0.15, 0.2) is 53.6 Å².